The summed E-state index contributed by atoms with van der Waals surface area (Å²) >= 11 is 0. The van der Waals surface area contributed by atoms with Crippen molar-refractivity contribution >= 4 is 37.2 Å². The standard InChI is InChI=1S/C28H35NSi/c1-17(2)23-24(18(3)4)28(30)25(19(5)6)26-21-14-10-11-15-22(21)29(27(23)26)16-20-12-8-7-9-13-20/h7-15,17-19H,16H2,1-6,30H3. The largest absolute Gasteiger partial charge is 0.336 e. The molecule has 1 nitrogen and oxygen atoms in total. The molecule has 3 aromatic carbocycles. The summed E-state index contributed by atoms with van der Waals surface area (Å²) in [5, 5.41) is 4.56. The maximum absolute atomic E-state index is 2.61. The number of rotatable bonds is 5. The summed E-state index contributed by atoms with van der Waals surface area (Å²) in [5.74, 6) is 1.56. The Kier molecular flexibility index (Phi) is 5.63. The van der Waals surface area contributed by atoms with Crippen LogP contribution in [0.2, 0.25) is 0 Å². The van der Waals surface area contributed by atoms with Gasteiger partial charge in [0.05, 0.1) is 5.52 Å². The van der Waals surface area contributed by atoms with E-state index >= 15 is 0 Å². The Hall–Kier alpha value is -2.32. The van der Waals surface area contributed by atoms with Crippen molar-refractivity contribution in [2.75, 3.05) is 0 Å². The van der Waals surface area contributed by atoms with Gasteiger partial charge in [0.1, 0.15) is 0 Å². The highest BCUT2D eigenvalue weighted by Crippen LogP contribution is 2.41. The number of hydrogen-bond acceptors (Lipinski definition) is 0. The maximum atomic E-state index is 2.61. The molecule has 4 rings (SSSR count). The molecule has 0 atom stereocenters. The monoisotopic (exact) mass is 413 g/mol. The Morgan fingerprint density at radius 3 is 1.87 bits per heavy atom. The molecule has 1 aromatic heterocycles. The minimum atomic E-state index is 0.498. The molecular formula is C28H35NSi. The van der Waals surface area contributed by atoms with Crippen molar-refractivity contribution in [2.24, 2.45) is 0 Å². The van der Waals surface area contributed by atoms with Crippen LogP contribution in [-0.2, 0) is 6.54 Å². The van der Waals surface area contributed by atoms with Crippen LogP contribution in [0.1, 0.15) is 81.5 Å². The SMILES string of the molecule is CC(C)c1c([SiH3])c(C(C)C)c2c3ccccc3n(Cc3ccccc3)c2c1C(C)C. The minimum absolute atomic E-state index is 0.498. The fourth-order valence-corrected chi connectivity index (χ4v) is 7.17. The molecule has 2 heteroatoms. The van der Waals surface area contributed by atoms with E-state index in [1.165, 1.54) is 27.4 Å². The summed E-state index contributed by atoms with van der Waals surface area (Å²) in [4.78, 5) is 0. The number of para-hydroxylation sites is 1. The second kappa shape index (κ2) is 8.07. The van der Waals surface area contributed by atoms with E-state index in [9.17, 15) is 0 Å². The highest BCUT2D eigenvalue weighted by molar-refractivity contribution is 6.37. The fraction of sp³-hybridized carbons (Fsp3) is 0.357. The van der Waals surface area contributed by atoms with Gasteiger partial charge >= 0.3 is 0 Å². The van der Waals surface area contributed by atoms with Crippen LogP contribution < -0.4 is 5.19 Å². The molecule has 30 heavy (non-hydrogen) atoms. The van der Waals surface area contributed by atoms with E-state index < -0.39 is 0 Å². The smallest absolute Gasteiger partial charge is 0.0535 e. The molecule has 0 aliphatic heterocycles. The van der Waals surface area contributed by atoms with Gasteiger partial charge in [0.25, 0.3) is 0 Å². The lowest BCUT2D eigenvalue weighted by Gasteiger charge is -2.26. The van der Waals surface area contributed by atoms with Crippen molar-refractivity contribution < 1.29 is 0 Å². The third kappa shape index (κ3) is 3.32. The van der Waals surface area contributed by atoms with E-state index in [1.54, 1.807) is 21.9 Å². The molecule has 0 bridgehead atoms. The van der Waals surface area contributed by atoms with Crippen molar-refractivity contribution in [1.82, 2.24) is 4.57 Å². The van der Waals surface area contributed by atoms with Crippen molar-refractivity contribution in [1.29, 1.82) is 0 Å². The van der Waals surface area contributed by atoms with Crippen LogP contribution in [-0.4, -0.2) is 14.8 Å². The van der Waals surface area contributed by atoms with Gasteiger partial charge < -0.3 is 4.57 Å². The van der Waals surface area contributed by atoms with E-state index in [-0.39, 0.29) is 0 Å². The van der Waals surface area contributed by atoms with E-state index in [0.29, 0.717) is 17.8 Å². The lowest BCUT2D eigenvalue weighted by molar-refractivity contribution is 0.780. The van der Waals surface area contributed by atoms with Gasteiger partial charge in [0, 0.05) is 33.1 Å². The van der Waals surface area contributed by atoms with Crippen molar-refractivity contribution in [2.45, 2.75) is 65.8 Å². The lowest BCUT2D eigenvalue weighted by atomic mass is 9.83. The third-order valence-electron chi connectivity index (χ3n) is 6.51. The van der Waals surface area contributed by atoms with Gasteiger partial charge in [-0.3, -0.25) is 0 Å². The van der Waals surface area contributed by atoms with Gasteiger partial charge in [-0.25, -0.2) is 0 Å². The number of nitrogens with zero attached hydrogens (tertiary/aromatic N) is 1. The molecule has 0 aliphatic rings. The Morgan fingerprint density at radius 2 is 1.27 bits per heavy atom. The van der Waals surface area contributed by atoms with Crippen LogP contribution in [0.4, 0.5) is 0 Å². The predicted octanol–water partition coefficient (Wildman–Crippen LogP) is 6.20. The first-order chi connectivity index (χ1) is 14.3. The highest BCUT2D eigenvalue weighted by Gasteiger charge is 2.26. The first kappa shape index (κ1) is 20.9. The second-order valence-electron chi connectivity index (χ2n) is 9.64. The van der Waals surface area contributed by atoms with Crippen LogP contribution in [0.5, 0.6) is 0 Å². The Balaban J connectivity index is 2.25. The molecular weight excluding hydrogens is 378 g/mol. The average Bonchev–Trinajstić information content (AvgIpc) is 3.01. The molecule has 0 radical (unpaired) electrons. The molecule has 0 saturated heterocycles. The van der Waals surface area contributed by atoms with Crippen LogP contribution in [0.15, 0.2) is 54.6 Å². The molecule has 0 fully saturated rings. The van der Waals surface area contributed by atoms with Gasteiger partial charge in [0.15, 0.2) is 0 Å². The van der Waals surface area contributed by atoms with Gasteiger partial charge in [0.2, 0.25) is 0 Å². The van der Waals surface area contributed by atoms with Gasteiger partial charge in [-0.1, -0.05) is 95.3 Å². The molecule has 0 amide bonds. The van der Waals surface area contributed by atoms with Gasteiger partial charge in [-0.2, -0.15) is 0 Å². The zero-order valence-corrected chi connectivity index (χ0v) is 21.6. The molecule has 1 heterocycles. The summed E-state index contributed by atoms with van der Waals surface area (Å²) in [6.07, 6.45) is 0. The van der Waals surface area contributed by atoms with Crippen LogP contribution >= 0.6 is 0 Å². The summed E-state index contributed by atoms with van der Waals surface area (Å²) in [5.41, 5.74) is 8.98. The fourth-order valence-electron chi connectivity index (χ4n) is 5.50. The molecule has 4 aromatic rings. The number of aromatic nitrogens is 1. The zero-order valence-electron chi connectivity index (χ0n) is 19.6. The highest BCUT2D eigenvalue weighted by atomic mass is 28.1. The third-order valence-corrected chi connectivity index (χ3v) is 7.59. The molecule has 156 valence electrons. The molecule has 0 unspecified atom stereocenters. The Bertz CT molecular complexity index is 1200. The summed E-state index contributed by atoms with van der Waals surface area (Å²) in [6.45, 7) is 15.2. The maximum Gasteiger partial charge on any atom is 0.0535 e. The van der Waals surface area contributed by atoms with Crippen molar-refractivity contribution in [3.63, 3.8) is 0 Å². The summed E-state index contributed by atoms with van der Waals surface area (Å²) < 4.78 is 2.61. The number of hydrogen-bond donors (Lipinski definition) is 0. The summed E-state index contributed by atoms with van der Waals surface area (Å²) in [6, 6.07) is 20.0. The molecule has 0 N–H and O–H groups in total. The first-order valence-corrected chi connectivity index (χ1v) is 12.4. The van der Waals surface area contributed by atoms with Gasteiger partial charge in [-0.15, -0.1) is 0 Å². The average molecular weight is 414 g/mol. The summed E-state index contributed by atoms with van der Waals surface area (Å²) in [7, 11) is 1.09. The van der Waals surface area contributed by atoms with Crippen LogP contribution in [0.25, 0.3) is 21.8 Å². The molecule has 0 saturated carbocycles. The first-order valence-electron chi connectivity index (χ1n) is 11.4. The number of fused-ring (bicyclic) bond motifs is 3. The lowest BCUT2D eigenvalue weighted by Crippen LogP contribution is -2.23. The Labute approximate surface area is 184 Å². The molecule has 0 aliphatic carbocycles. The van der Waals surface area contributed by atoms with Crippen LogP contribution in [0.3, 0.4) is 0 Å². The normalized spacial score (nSPS) is 12.3. The van der Waals surface area contributed by atoms with E-state index in [0.717, 1.165) is 16.8 Å². The van der Waals surface area contributed by atoms with Crippen molar-refractivity contribution in [3.8, 4) is 0 Å². The van der Waals surface area contributed by atoms with E-state index in [2.05, 4.69) is 101 Å². The van der Waals surface area contributed by atoms with E-state index in [1.807, 2.05) is 0 Å². The van der Waals surface area contributed by atoms with Crippen LogP contribution in [0, 0.1) is 0 Å². The van der Waals surface area contributed by atoms with Gasteiger partial charge in [-0.05, 0) is 46.1 Å². The minimum Gasteiger partial charge on any atom is -0.336 e. The zero-order chi connectivity index (χ0) is 21.6. The number of benzene rings is 3. The van der Waals surface area contributed by atoms with Crippen molar-refractivity contribution in [3.05, 3.63) is 76.9 Å². The Morgan fingerprint density at radius 1 is 0.700 bits per heavy atom. The topological polar surface area (TPSA) is 4.93 Å². The van der Waals surface area contributed by atoms with E-state index in [4.69, 9.17) is 0 Å². The second-order valence-corrected chi connectivity index (χ2v) is 10.6. The molecule has 0 spiro atoms. The quantitative estimate of drug-likeness (QED) is 0.343. The predicted molar refractivity (Wildman–Crippen MR) is 137 cm³/mol.